The van der Waals surface area contributed by atoms with Crippen LogP contribution in [0.2, 0.25) is 0 Å². The van der Waals surface area contributed by atoms with Crippen molar-refractivity contribution in [3.05, 3.63) is 60.8 Å². The van der Waals surface area contributed by atoms with Crippen LogP contribution in [0.15, 0.2) is 60.8 Å². The number of rotatable bonds is 1. The number of benzene rings is 2. The van der Waals surface area contributed by atoms with Crippen molar-refractivity contribution >= 4 is 10.9 Å². The number of H-pyrrole nitrogens is 1. The lowest BCUT2D eigenvalue weighted by Crippen LogP contribution is -1.73. The summed E-state index contributed by atoms with van der Waals surface area (Å²) in [5.41, 5.74) is 3.72. The third-order valence-electron chi connectivity index (χ3n) is 2.67. The zero-order valence-electron chi connectivity index (χ0n) is 12.3. The lowest BCUT2D eigenvalue weighted by atomic mass is 10.1. The van der Waals surface area contributed by atoms with Crippen LogP contribution < -0.4 is 0 Å². The first-order valence-corrected chi connectivity index (χ1v) is 7.07. The topological polar surface area (TPSA) is 15.8 Å². The lowest BCUT2D eigenvalue weighted by Gasteiger charge is -1.97. The van der Waals surface area contributed by atoms with Gasteiger partial charge in [-0.2, -0.15) is 0 Å². The van der Waals surface area contributed by atoms with Crippen molar-refractivity contribution in [2.45, 2.75) is 27.7 Å². The summed E-state index contributed by atoms with van der Waals surface area (Å²) >= 11 is 0. The van der Waals surface area contributed by atoms with Crippen molar-refractivity contribution in [1.29, 1.82) is 0 Å². The molecule has 0 unspecified atom stereocenters. The van der Waals surface area contributed by atoms with Gasteiger partial charge >= 0.3 is 0 Å². The highest BCUT2D eigenvalue weighted by molar-refractivity contribution is 5.95. The molecule has 3 rings (SSSR count). The molecular weight excluding hydrogens is 230 g/mol. The SMILES string of the molecule is CC.CC.c1ccc(-c2c[nH]c3ccccc23)cc1. The molecule has 100 valence electrons. The quantitative estimate of drug-likeness (QED) is 0.556. The molecule has 2 aromatic carbocycles. The van der Waals surface area contributed by atoms with E-state index in [1.165, 1.54) is 22.0 Å². The van der Waals surface area contributed by atoms with E-state index < -0.39 is 0 Å². The Bertz CT molecular complexity index is 579. The second-order valence-corrected chi connectivity index (χ2v) is 3.61. The normalized spacial score (nSPS) is 9.05. The maximum absolute atomic E-state index is 3.29. The minimum Gasteiger partial charge on any atom is -0.361 e. The molecule has 0 saturated heterocycles. The average Bonchev–Trinajstić information content (AvgIpc) is 2.96. The summed E-state index contributed by atoms with van der Waals surface area (Å²) in [7, 11) is 0. The van der Waals surface area contributed by atoms with Gasteiger partial charge in [-0.15, -0.1) is 0 Å². The molecule has 0 fully saturated rings. The van der Waals surface area contributed by atoms with Gasteiger partial charge in [-0.1, -0.05) is 76.2 Å². The van der Waals surface area contributed by atoms with Gasteiger partial charge < -0.3 is 4.98 Å². The maximum Gasteiger partial charge on any atom is 0.0460 e. The van der Waals surface area contributed by atoms with Gasteiger partial charge in [-0.3, -0.25) is 0 Å². The van der Waals surface area contributed by atoms with Crippen LogP contribution in [-0.2, 0) is 0 Å². The second-order valence-electron chi connectivity index (χ2n) is 3.61. The average molecular weight is 253 g/mol. The molecule has 0 aliphatic heterocycles. The van der Waals surface area contributed by atoms with Crippen molar-refractivity contribution in [2.24, 2.45) is 0 Å². The Hall–Kier alpha value is -2.02. The van der Waals surface area contributed by atoms with Crippen LogP contribution in [0.3, 0.4) is 0 Å². The van der Waals surface area contributed by atoms with E-state index in [9.17, 15) is 0 Å². The number of aromatic nitrogens is 1. The van der Waals surface area contributed by atoms with E-state index in [1.807, 2.05) is 39.8 Å². The van der Waals surface area contributed by atoms with E-state index in [1.54, 1.807) is 0 Å². The summed E-state index contributed by atoms with van der Waals surface area (Å²) in [5.74, 6) is 0. The monoisotopic (exact) mass is 253 g/mol. The van der Waals surface area contributed by atoms with Crippen LogP contribution in [0.25, 0.3) is 22.0 Å². The summed E-state index contributed by atoms with van der Waals surface area (Å²) < 4.78 is 0. The van der Waals surface area contributed by atoms with E-state index in [2.05, 4.69) is 53.6 Å². The summed E-state index contributed by atoms with van der Waals surface area (Å²) in [6, 6.07) is 18.8. The molecule has 0 amide bonds. The number of nitrogens with one attached hydrogen (secondary N) is 1. The Morgan fingerprint density at radius 1 is 0.684 bits per heavy atom. The fourth-order valence-corrected chi connectivity index (χ4v) is 1.93. The van der Waals surface area contributed by atoms with E-state index in [-0.39, 0.29) is 0 Å². The molecule has 0 aliphatic rings. The molecule has 1 N–H and O–H groups in total. The zero-order chi connectivity index (χ0) is 14.1. The first-order chi connectivity index (χ1) is 9.45. The van der Waals surface area contributed by atoms with Crippen molar-refractivity contribution in [3.63, 3.8) is 0 Å². The summed E-state index contributed by atoms with van der Waals surface area (Å²) in [6.45, 7) is 8.00. The van der Waals surface area contributed by atoms with Gasteiger partial charge in [0.05, 0.1) is 0 Å². The van der Waals surface area contributed by atoms with Gasteiger partial charge in [0.2, 0.25) is 0 Å². The standard InChI is InChI=1S/C14H11N.2C2H6/c1-2-6-11(7-3-1)13-10-15-14-9-5-4-8-12(13)14;2*1-2/h1-10,15H;2*1-2H3. The van der Waals surface area contributed by atoms with Crippen molar-refractivity contribution in [1.82, 2.24) is 4.98 Å². The zero-order valence-corrected chi connectivity index (χ0v) is 12.3. The minimum absolute atomic E-state index is 1.19. The van der Waals surface area contributed by atoms with Crippen LogP contribution in [0.5, 0.6) is 0 Å². The molecule has 19 heavy (non-hydrogen) atoms. The van der Waals surface area contributed by atoms with Gasteiger partial charge in [0.25, 0.3) is 0 Å². The third-order valence-corrected chi connectivity index (χ3v) is 2.67. The Balaban J connectivity index is 0.000000415. The maximum atomic E-state index is 3.29. The third kappa shape index (κ3) is 3.47. The number of hydrogen-bond donors (Lipinski definition) is 1. The van der Waals surface area contributed by atoms with E-state index in [4.69, 9.17) is 0 Å². The molecule has 0 atom stereocenters. The van der Waals surface area contributed by atoms with Crippen molar-refractivity contribution < 1.29 is 0 Å². The summed E-state index contributed by atoms with van der Waals surface area (Å²) in [4.78, 5) is 3.29. The van der Waals surface area contributed by atoms with Crippen LogP contribution >= 0.6 is 0 Å². The Labute approximate surface area is 116 Å². The molecule has 0 radical (unpaired) electrons. The van der Waals surface area contributed by atoms with Crippen LogP contribution in [0, 0.1) is 0 Å². The van der Waals surface area contributed by atoms with E-state index in [0.29, 0.717) is 0 Å². The van der Waals surface area contributed by atoms with E-state index >= 15 is 0 Å². The number of aromatic amines is 1. The predicted molar refractivity (Wildman–Crippen MR) is 86.4 cm³/mol. The number of para-hydroxylation sites is 1. The van der Waals surface area contributed by atoms with Crippen molar-refractivity contribution in [3.8, 4) is 11.1 Å². The molecule has 0 aliphatic carbocycles. The Morgan fingerprint density at radius 3 is 1.95 bits per heavy atom. The minimum atomic E-state index is 1.19. The Morgan fingerprint density at radius 2 is 1.26 bits per heavy atom. The van der Waals surface area contributed by atoms with Crippen LogP contribution in [0.4, 0.5) is 0 Å². The molecule has 0 spiro atoms. The fraction of sp³-hybridized carbons (Fsp3) is 0.222. The first-order valence-electron chi connectivity index (χ1n) is 7.07. The molecule has 1 heterocycles. The van der Waals surface area contributed by atoms with Gasteiger partial charge in [-0.25, -0.2) is 0 Å². The summed E-state index contributed by atoms with van der Waals surface area (Å²) in [5, 5.41) is 1.28. The molecule has 1 nitrogen and oxygen atoms in total. The molecule has 0 bridgehead atoms. The predicted octanol–water partition coefficient (Wildman–Crippen LogP) is 5.89. The highest BCUT2D eigenvalue weighted by Gasteiger charge is 2.03. The fourth-order valence-electron chi connectivity index (χ4n) is 1.93. The van der Waals surface area contributed by atoms with Crippen LogP contribution in [-0.4, -0.2) is 4.98 Å². The molecule has 3 aromatic rings. The van der Waals surface area contributed by atoms with Gasteiger partial charge in [-0.05, 0) is 11.6 Å². The Kier molecular flexibility index (Phi) is 6.45. The molecule has 1 aromatic heterocycles. The van der Waals surface area contributed by atoms with Crippen LogP contribution in [0.1, 0.15) is 27.7 Å². The number of hydrogen-bond acceptors (Lipinski definition) is 0. The molecule has 0 saturated carbocycles. The number of fused-ring (bicyclic) bond motifs is 1. The van der Waals surface area contributed by atoms with Gasteiger partial charge in [0.1, 0.15) is 0 Å². The summed E-state index contributed by atoms with van der Waals surface area (Å²) in [6.07, 6.45) is 2.07. The largest absolute Gasteiger partial charge is 0.361 e. The van der Waals surface area contributed by atoms with Gasteiger partial charge in [0.15, 0.2) is 0 Å². The molecule has 1 heteroatoms. The van der Waals surface area contributed by atoms with Gasteiger partial charge in [0, 0.05) is 22.7 Å². The second kappa shape index (κ2) is 8.15. The molecular formula is C18H23N. The van der Waals surface area contributed by atoms with Crippen molar-refractivity contribution in [2.75, 3.05) is 0 Å². The highest BCUT2D eigenvalue weighted by Crippen LogP contribution is 2.27. The lowest BCUT2D eigenvalue weighted by molar-refractivity contribution is 1.47. The van der Waals surface area contributed by atoms with E-state index in [0.717, 1.165) is 0 Å². The smallest absolute Gasteiger partial charge is 0.0460 e. The first kappa shape index (κ1) is 15.0. The highest BCUT2D eigenvalue weighted by atomic mass is 14.7.